The smallest absolute Gasteiger partial charge is 0.274 e. The van der Waals surface area contributed by atoms with Gasteiger partial charge in [0.2, 0.25) is 0 Å². The van der Waals surface area contributed by atoms with E-state index in [1.54, 1.807) is 6.20 Å². The summed E-state index contributed by atoms with van der Waals surface area (Å²) >= 11 is 0. The first-order valence-corrected chi connectivity index (χ1v) is 9.12. The van der Waals surface area contributed by atoms with Crippen LogP contribution in [-0.2, 0) is 12.8 Å². The number of carbonyl (C=O) groups is 1. The van der Waals surface area contributed by atoms with E-state index in [0.29, 0.717) is 18.8 Å². The maximum absolute atomic E-state index is 12.9. The van der Waals surface area contributed by atoms with E-state index < -0.39 is 0 Å². The van der Waals surface area contributed by atoms with Crippen LogP contribution >= 0.6 is 0 Å². The van der Waals surface area contributed by atoms with Gasteiger partial charge in [-0.25, -0.2) is 0 Å². The summed E-state index contributed by atoms with van der Waals surface area (Å²) in [6.45, 7) is 2.85. The van der Waals surface area contributed by atoms with Crippen LogP contribution in [0.2, 0.25) is 0 Å². The van der Waals surface area contributed by atoms with Crippen molar-refractivity contribution in [2.75, 3.05) is 31.1 Å². The van der Waals surface area contributed by atoms with Crippen LogP contribution < -0.4 is 4.90 Å². The van der Waals surface area contributed by atoms with Gasteiger partial charge in [-0.1, -0.05) is 24.3 Å². The van der Waals surface area contributed by atoms with Crippen LogP contribution in [0.4, 0.5) is 5.82 Å². The molecule has 1 aromatic carbocycles. The molecule has 2 aliphatic rings. The molecule has 1 aliphatic heterocycles. The maximum atomic E-state index is 12.9. The average molecular weight is 348 g/mol. The Labute approximate surface area is 151 Å². The Hall–Kier alpha value is -2.96. The molecule has 5 rings (SSSR count). The number of benzene rings is 1. The summed E-state index contributed by atoms with van der Waals surface area (Å²) in [5.74, 6) is 0.948. The van der Waals surface area contributed by atoms with Gasteiger partial charge in [-0.2, -0.15) is 10.2 Å². The molecule has 0 radical (unpaired) electrons. The fourth-order valence-electron chi connectivity index (χ4n) is 4.01. The number of nitrogens with one attached hydrogen (secondary N) is 1. The molecule has 1 fully saturated rings. The monoisotopic (exact) mass is 348 g/mol. The zero-order chi connectivity index (χ0) is 17.5. The van der Waals surface area contributed by atoms with Crippen LogP contribution in [-0.4, -0.2) is 57.4 Å². The molecule has 0 unspecified atom stereocenters. The van der Waals surface area contributed by atoms with Crippen LogP contribution in [0.5, 0.6) is 0 Å². The molecule has 1 amide bonds. The normalized spacial score (nSPS) is 16.9. The molecule has 132 valence electrons. The van der Waals surface area contributed by atoms with Crippen LogP contribution in [0.3, 0.4) is 0 Å². The van der Waals surface area contributed by atoms with Gasteiger partial charge >= 0.3 is 0 Å². The summed E-state index contributed by atoms with van der Waals surface area (Å²) in [4.78, 5) is 17.0. The predicted octanol–water partition coefficient (Wildman–Crippen LogP) is 1.80. The number of amides is 1. The molecule has 7 heteroatoms. The average Bonchev–Trinajstić information content (AvgIpc) is 3.31. The van der Waals surface area contributed by atoms with Crippen molar-refractivity contribution >= 4 is 22.5 Å². The number of hydrogen-bond acceptors (Lipinski definition) is 5. The van der Waals surface area contributed by atoms with Gasteiger partial charge in [0.1, 0.15) is 0 Å². The summed E-state index contributed by atoms with van der Waals surface area (Å²) < 4.78 is 0. The number of H-pyrrole nitrogens is 1. The molecular formula is C19H20N6O. The number of carbonyl (C=O) groups excluding carboxylic acids is 1. The highest BCUT2D eigenvalue weighted by atomic mass is 16.2. The van der Waals surface area contributed by atoms with Crippen molar-refractivity contribution in [2.45, 2.75) is 19.3 Å². The SMILES string of the molecule is O=C(c1n[nH]c2c1CCC2)N1CCN(c2nncc3ccccc23)CC1. The minimum absolute atomic E-state index is 0.0491. The zero-order valence-electron chi connectivity index (χ0n) is 14.5. The van der Waals surface area contributed by atoms with Gasteiger partial charge in [0.05, 0.1) is 6.20 Å². The van der Waals surface area contributed by atoms with E-state index in [4.69, 9.17) is 0 Å². The van der Waals surface area contributed by atoms with Gasteiger partial charge in [0.25, 0.3) is 5.91 Å². The Morgan fingerprint density at radius 1 is 1.08 bits per heavy atom. The number of fused-ring (bicyclic) bond motifs is 2. The Bertz CT molecular complexity index is 968. The molecular weight excluding hydrogens is 328 g/mol. The van der Waals surface area contributed by atoms with E-state index >= 15 is 0 Å². The van der Waals surface area contributed by atoms with Crippen molar-refractivity contribution in [3.05, 3.63) is 47.4 Å². The fourth-order valence-corrected chi connectivity index (χ4v) is 4.01. The molecule has 3 aromatic rings. The van der Waals surface area contributed by atoms with Crippen LogP contribution in [0.15, 0.2) is 30.5 Å². The molecule has 3 heterocycles. The second kappa shape index (κ2) is 6.09. The topological polar surface area (TPSA) is 78.0 Å². The maximum Gasteiger partial charge on any atom is 0.274 e. The Morgan fingerprint density at radius 2 is 1.92 bits per heavy atom. The molecule has 26 heavy (non-hydrogen) atoms. The van der Waals surface area contributed by atoms with Gasteiger partial charge in [-0.3, -0.25) is 9.89 Å². The van der Waals surface area contributed by atoms with Gasteiger partial charge in [-0.05, 0) is 19.3 Å². The standard InChI is InChI=1S/C19H20N6O/c26-19(17-15-6-3-7-16(15)21-22-17)25-10-8-24(9-11-25)18-14-5-2-1-4-13(14)12-20-23-18/h1-2,4-5,12H,3,6-11H2,(H,21,22). The van der Waals surface area contributed by atoms with Gasteiger partial charge in [-0.15, -0.1) is 5.10 Å². The van der Waals surface area contributed by atoms with Crippen molar-refractivity contribution < 1.29 is 4.79 Å². The zero-order valence-corrected chi connectivity index (χ0v) is 14.5. The number of aryl methyl sites for hydroxylation is 1. The number of aromatic amines is 1. The number of piperazine rings is 1. The van der Waals surface area contributed by atoms with E-state index in [9.17, 15) is 4.79 Å². The molecule has 7 nitrogen and oxygen atoms in total. The molecule has 0 atom stereocenters. The summed E-state index contributed by atoms with van der Waals surface area (Å²) in [5.41, 5.74) is 2.88. The Morgan fingerprint density at radius 3 is 2.81 bits per heavy atom. The lowest BCUT2D eigenvalue weighted by molar-refractivity contribution is 0.0739. The highest BCUT2D eigenvalue weighted by Gasteiger charge is 2.29. The van der Waals surface area contributed by atoms with Gasteiger partial charge in [0, 0.05) is 48.2 Å². The molecule has 0 saturated carbocycles. The van der Waals surface area contributed by atoms with E-state index in [-0.39, 0.29) is 5.91 Å². The number of aromatic nitrogens is 4. The minimum Gasteiger partial charge on any atom is -0.351 e. The lowest BCUT2D eigenvalue weighted by atomic mass is 10.1. The predicted molar refractivity (Wildman–Crippen MR) is 98.3 cm³/mol. The molecule has 0 spiro atoms. The minimum atomic E-state index is 0.0491. The lowest BCUT2D eigenvalue weighted by Gasteiger charge is -2.35. The summed E-state index contributed by atoms with van der Waals surface area (Å²) in [7, 11) is 0. The largest absolute Gasteiger partial charge is 0.351 e. The third-order valence-corrected chi connectivity index (χ3v) is 5.43. The first-order chi connectivity index (χ1) is 12.8. The van der Waals surface area contributed by atoms with Crippen LogP contribution in [0.1, 0.15) is 28.2 Å². The fraction of sp³-hybridized carbons (Fsp3) is 0.368. The molecule has 0 bridgehead atoms. The number of nitrogens with zero attached hydrogens (tertiary/aromatic N) is 5. The van der Waals surface area contributed by atoms with Gasteiger partial charge < -0.3 is 9.80 Å². The van der Waals surface area contributed by atoms with Crippen molar-refractivity contribution in [3.63, 3.8) is 0 Å². The Kier molecular flexibility index (Phi) is 3.58. The van der Waals surface area contributed by atoms with Crippen molar-refractivity contribution in [1.82, 2.24) is 25.3 Å². The lowest BCUT2D eigenvalue weighted by Crippen LogP contribution is -2.49. The number of rotatable bonds is 2. The molecule has 1 N–H and O–H groups in total. The van der Waals surface area contributed by atoms with Crippen molar-refractivity contribution in [2.24, 2.45) is 0 Å². The van der Waals surface area contributed by atoms with Crippen molar-refractivity contribution in [3.8, 4) is 0 Å². The first kappa shape index (κ1) is 15.3. The summed E-state index contributed by atoms with van der Waals surface area (Å²) in [5, 5.41) is 18.0. The number of hydrogen-bond donors (Lipinski definition) is 1. The van der Waals surface area contributed by atoms with Crippen LogP contribution in [0.25, 0.3) is 10.8 Å². The summed E-state index contributed by atoms with van der Waals surface area (Å²) in [6, 6.07) is 8.15. The Balaban J connectivity index is 1.34. The van der Waals surface area contributed by atoms with Crippen molar-refractivity contribution in [1.29, 1.82) is 0 Å². The van der Waals surface area contributed by atoms with E-state index in [0.717, 1.165) is 60.2 Å². The van der Waals surface area contributed by atoms with Gasteiger partial charge in [0.15, 0.2) is 11.5 Å². The summed E-state index contributed by atoms with van der Waals surface area (Å²) in [6.07, 6.45) is 4.86. The quantitative estimate of drug-likeness (QED) is 0.764. The highest BCUT2D eigenvalue weighted by molar-refractivity contribution is 5.95. The molecule has 1 aliphatic carbocycles. The van der Waals surface area contributed by atoms with Crippen LogP contribution in [0, 0.1) is 0 Å². The first-order valence-electron chi connectivity index (χ1n) is 9.12. The second-order valence-corrected chi connectivity index (χ2v) is 6.92. The van der Waals surface area contributed by atoms with E-state index in [1.165, 1.54) is 0 Å². The van der Waals surface area contributed by atoms with E-state index in [1.807, 2.05) is 23.1 Å². The highest BCUT2D eigenvalue weighted by Crippen LogP contribution is 2.26. The third kappa shape index (κ3) is 2.42. The second-order valence-electron chi connectivity index (χ2n) is 6.92. The third-order valence-electron chi connectivity index (χ3n) is 5.43. The molecule has 2 aromatic heterocycles. The molecule has 1 saturated heterocycles. The van der Waals surface area contributed by atoms with E-state index in [2.05, 4.69) is 31.4 Å². The number of anilines is 1.